The Labute approximate surface area is 191 Å². The van der Waals surface area contributed by atoms with E-state index in [9.17, 15) is 22.8 Å². The highest BCUT2D eigenvalue weighted by molar-refractivity contribution is 6.34. The molecule has 9 heteroatoms. The van der Waals surface area contributed by atoms with Gasteiger partial charge in [-0.05, 0) is 61.9 Å². The highest BCUT2D eigenvalue weighted by Crippen LogP contribution is 2.39. The third-order valence-corrected chi connectivity index (χ3v) is 6.18. The topological polar surface area (TPSA) is 76.7 Å². The van der Waals surface area contributed by atoms with Crippen LogP contribution in [0.25, 0.3) is 22.3 Å². The zero-order valence-electron chi connectivity index (χ0n) is 17.3. The number of benzene rings is 2. The standard InChI is InChI=1S/C24H20ClF3O5/c25-18-5-1-4-16-19(29)12-21(33-22(16)18)17-7-6-15(24(26,27)28)11-20(17)32-8-2-3-13-9-14(10-13)23(30)31/h1,4-7,11-14H,2-3,8-10H2,(H,30,31). The molecule has 0 amide bonds. The van der Waals surface area contributed by atoms with Gasteiger partial charge in [0.05, 0.1) is 34.1 Å². The largest absolute Gasteiger partial charge is 0.493 e. The van der Waals surface area contributed by atoms with Crippen LogP contribution >= 0.6 is 11.6 Å². The molecule has 1 aliphatic rings. The number of halogens is 4. The van der Waals surface area contributed by atoms with E-state index < -0.39 is 17.7 Å². The van der Waals surface area contributed by atoms with Crippen molar-refractivity contribution in [1.29, 1.82) is 0 Å². The second kappa shape index (κ2) is 9.09. The second-order valence-corrected chi connectivity index (χ2v) is 8.57. The van der Waals surface area contributed by atoms with Crippen LogP contribution < -0.4 is 10.2 Å². The summed E-state index contributed by atoms with van der Waals surface area (Å²) in [5.41, 5.74) is -0.912. The molecule has 0 saturated heterocycles. The number of hydrogen-bond donors (Lipinski definition) is 1. The van der Waals surface area contributed by atoms with Crippen LogP contribution in [-0.4, -0.2) is 17.7 Å². The molecule has 33 heavy (non-hydrogen) atoms. The van der Waals surface area contributed by atoms with E-state index in [0.29, 0.717) is 19.3 Å². The summed E-state index contributed by atoms with van der Waals surface area (Å²) in [7, 11) is 0. The van der Waals surface area contributed by atoms with E-state index in [4.69, 9.17) is 25.9 Å². The molecule has 2 aromatic carbocycles. The van der Waals surface area contributed by atoms with Crippen LogP contribution in [0.1, 0.15) is 31.2 Å². The molecule has 0 unspecified atom stereocenters. The predicted octanol–water partition coefficient (Wildman–Crippen LogP) is 6.40. The van der Waals surface area contributed by atoms with Crippen LogP contribution in [-0.2, 0) is 11.0 Å². The Morgan fingerprint density at radius 1 is 1.18 bits per heavy atom. The van der Waals surface area contributed by atoms with Gasteiger partial charge in [0.25, 0.3) is 0 Å². The zero-order chi connectivity index (χ0) is 23.8. The Morgan fingerprint density at radius 2 is 1.94 bits per heavy atom. The molecule has 1 fully saturated rings. The van der Waals surface area contributed by atoms with Gasteiger partial charge >= 0.3 is 12.1 Å². The van der Waals surface area contributed by atoms with Crippen molar-refractivity contribution in [1.82, 2.24) is 0 Å². The lowest BCUT2D eigenvalue weighted by molar-refractivity contribution is -0.146. The summed E-state index contributed by atoms with van der Waals surface area (Å²) >= 11 is 6.14. The summed E-state index contributed by atoms with van der Waals surface area (Å²) < 4.78 is 51.3. The molecule has 1 saturated carbocycles. The summed E-state index contributed by atoms with van der Waals surface area (Å²) in [6.07, 6.45) is -2.08. The predicted molar refractivity (Wildman–Crippen MR) is 117 cm³/mol. The van der Waals surface area contributed by atoms with Crippen LogP contribution in [0.15, 0.2) is 51.7 Å². The molecule has 174 valence electrons. The van der Waals surface area contributed by atoms with Gasteiger partial charge in [-0.3, -0.25) is 9.59 Å². The molecule has 0 spiro atoms. The molecule has 0 atom stereocenters. The van der Waals surface area contributed by atoms with E-state index >= 15 is 0 Å². The lowest BCUT2D eigenvalue weighted by Gasteiger charge is -2.32. The van der Waals surface area contributed by atoms with Gasteiger partial charge in [0.15, 0.2) is 11.0 Å². The molecule has 0 bridgehead atoms. The number of carbonyl (C=O) groups is 1. The van der Waals surface area contributed by atoms with E-state index in [1.54, 1.807) is 18.2 Å². The van der Waals surface area contributed by atoms with Crippen LogP contribution in [0.2, 0.25) is 5.02 Å². The van der Waals surface area contributed by atoms with Crippen molar-refractivity contribution in [2.75, 3.05) is 6.61 Å². The Bertz CT molecular complexity index is 1250. The first-order chi connectivity index (χ1) is 15.6. The van der Waals surface area contributed by atoms with Gasteiger partial charge in [0.2, 0.25) is 0 Å². The number of aliphatic carboxylic acids is 1. The average Bonchev–Trinajstić information content (AvgIpc) is 2.71. The number of carboxylic acid groups (broad SMARTS) is 1. The first-order valence-electron chi connectivity index (χ1n) is 10.4. The fourth-order valence-corrected chi connectivity index (χ4v) is 4.24. The Balaban J connectivity index is 1.58. The number of ether oxygens (including phenoxy) is 1. The Kier molecular flexibility index (Phi) is 6.38. The number of rotatable bonds is 7. The maximum atomic E-state index is 13.3. The van der Waals surface area contributed by atoms with E-state index in [0.717, 1.165) is 18.6 Å². The maximum absolute atomic E-state index is 13.3. The molecule has 4 rings (SSSR count). The Hall–Kier alpha value is -3.00. The highest BCUT2D eigenvalue weighted by Gasteiger charge is 2.34. The molecule has 0 radical (unpaired) electrons. The molecule has 1 heterocycles. The van der Waals surface area contributed by atoms with Crippen molar-refractivity contribution in [2.45, 2.75) is 31.9 Å². The van der Waals surface area contributed by atoms with Crippen molar-refractivity contribution >= 4 is 28.5 Å². The summed E-state index contributed by atoms with van der Waals surface area (Å²) in [4.78, 5) is 23.4. The van der Waals surface area contributed by atoms with Gasteiger partial charge in [-0.2, -0.15) is 13.2 Å². The molecule has 0 aliphatic heterocycles. The average molecular weight is 481 g/mol. The van der Waals surface area contributed by atoms with Crippen molar-refractivity contribution in [2.24, 2.45) is 11.8 Å². The number of hydrogen-bond acceptors (Lipinski definition) is 4. The summed E-state index contributed by atoms with van der Waals surface area (Å²) in [6, 6.07) is 8.91. The Morgan fingerprint density at radius 3 is 2.64 bits per heavy atom. The van der Waals surface area contributed by atoms with Crippen LogP contribution in [0.4, 0.5) is 13.2 Å². The summed E-state index contributed by atoms with van der Waals surface area (Å²) in [5, 5.41) is 9.42. The SMILES string of the molecule is O=C(O)C1CC(CCCOc2cc(C(F)(F)F)ccc2-c2cc(=O)c3cccc(Cl)c3o2)C1. The van der Waals surface area contributed by atoms with Gasteiger partial charge < -0.3 is 14.3 Å². The first kappa shape index (κ1) is 23.2. The molecule has 5 nitrogen and oxygen atoms in total. The van der Waals surface area contributed by atoms with Crippen molar-refractivity contribution in [3.05, 3.63) is 63.3 Å². The lowest BCUT2D eigenvalue weighted by Crippen LogP contribution is -2.30. The second-order valence-electron chi connectivity index (χ2n) is 8.16. The maximum Gasteiger partial charge on any atom is 0.416 e. The first-order valence-corrected chi connectivity index (χ1v) is 10.8. The van der Waals surface area contributed by atoms with Crippen LogP contribution in [0.5, 0.6) is 5.75 Å². The number of para-hydroxylation sites is 1. The minimum absolute atomic E-state index is 0.0487. The minimum atomic E-state index is -4.57. The molecule has 1 aliphatic carbocycles. The normalized spacial score (nSPS) is 18.2. The van der Waals surface area contributed by atoms with E-state index in [2.05, 4.69) is 0 Å². The van der Waals surface area contributed by atoms with Gasteiger partial charge in [-0.15, -0.1) is 0 Å². The van der Waals surface area contributed by atoms with Crippen molar-refractivity contribution in [3.63, 3.8) is 0 Å². The fraction of sp³-hybridized carbons (Fsp3) is 0.333. The zero-order valence-corrected chi connectivity index (χ0v) is 18.1. The summed E-state index contributed by atoms with van der Waals surface area (Å²) in [6.45, 7) is 0.140. The van der Waals surface area contributed by atoms with Gasteiger partial charge in [0, 0.05) is 6.07 Å². The number of alkyl halides is 3. The van der Waals surface area contributed by atoms with E-state index in [1.165, 1.54) is 12.1 Å². The quantitative estimate of drug-likeness (QED) is 0.396. The fourth-order valence-electron chi connectivity index (χ4n) is 4.02. The molecule has 1 aromatic heterocycles. The molecular formula is C24H20ClF3O5. The van der Waals surface area contributed by atoms with Gasteiger partial charge in [-0.1, -0.05) is 17.7 Å². The van der Waals surface area contributed by atoms with Crippen molar-refractivity contribution < 1.29 is 32.2 Å². The van der Waals surface area contributed by atoms with Gasteiger partial charge in [-0.25, -0.2) is 0 Å². The van der Waals surface area contributed by atoms with E-state index in [-0.39, 0.29) is 56.9 Å². The minimum Gasteiger partial charge on any atom is -0.493 e. The smallest absolute Gasteiger partial charge is 0.416 e. The van der Waals surface area contributed by atoms with E-state index in [1.807, 2.05) is 0 Å². The highest BCUT2D eigenvalue weighted by atomic mass is 35.5. The lowest BCUT2D eigenvalue weighted by atomic mass is 9.73. The number of carboxylic acids is 1. The third kappa shape index (κ3) is 5.00. The van der Waals surface area contributed by atoms with Crippen LogP contribution in [0.3, 0.4) is 0 Å². The monoisotopic (exact) mass is 480 g/mol. The third-order valence-electron chi connectivity index (χ3n) is 5.88. The van der Waals surface area contributed by atoms with Gasteiger partial charge in [0.1, 0.15) is 11.5 Å². The summed E-state index contributed by atoms with van der Waals surface area (Å²) in [5.74, 6) is -0.845. The molecular weight excluding hydrogens is 461 g/mol. The number of fused-ring (bicyclic) bond motifs is 1. The molecule has 3 aromatic rings. The molecule has 1 N–H and O–H groups in total. The van der Waals surface area contributed by atoms with Crippen LogP contribution in [0, 0.1) is 11.8 Å². The van der Waals surface area contributed by atoms with Crippen molar-refractivity contribution in [3.8, 4) is 17.1 Å².